The first-order valence-electron chi connectivity index (χ1n) is 9.37. The number of likely N-dealkylation sites (N-methyl/N-ethyl adjacent to an activating group) is 1. The van der Waals surface area contributed by atoms with Crippen molar-refractivity contribution in [2.24, 2.45) is 0 Å². The lowest BCUT2D eigenvalue weighted by Gasteiger charge is -2.39. The summed E-state index contributed by atoms with van der Waals surface area (Å²) in [5.41, 5.74) is 2.82. The van der Waals surface area contributed by atoms with E-state index in [1.54, 1.807) is 0 Å². The van der Waals surface area contributed by atoms with Crippen molar-refractivity contribution in [1.29, 1.82) is 0 Å². The van der Waals surface area contributed by atoms with Crippen LogP contribution in [0.25, 0.3) is 0 Å². The Labute approximate surface area is 163 Å². The first-order chi connectivity index (χ1) is 11.7. The van der Waals surface area contributed by atoms with E-state index in [1.165, 1.54) is 61.1 Å². The van der Waals surface area contributed by atoms with Crippen LogP contribution in [0.15, 0.2) is 60.7 Å². The SMILES string of the molecule is C[N+]1(CCN(Cc2ccccc2)Cc2ccccc2)CCCCC1.[Br-]. The zero-order valence-electron chi connectivity index (χ0n) is 15.4. The Morgan fingerprint density at radius 1 is 0.760 bits per heavy atom. The summed E-state index contributed by atoms with van der Waals surface area (Å²) in [6, 6.07) is 21.8. The number of piperidine rings is 1. The second-order valence-electron chi connectivity index (χ2n) is 7.53. The van der Waals surface area contributed by atoms with E-state index in [0.717, 1.165) is 13.1 Å². The Balaban J connectivity index is 0.00000225. The first-order valence-corrected chi connectivity index (χ1v) is 9.37. The number of quaternary nitrogens is 1. The average molecular weight is 403 g/mol. The fourth-order valence-electron chi connectivity index (χ4n) is 3.78. The minimum Gasteiger partial charge on any atom is -1.00 e. The van der Waals surface area contributed by atoms with Gasteiger partial charge in [-0.25, -0.2) is 0 Å². The predicted octanol–water partition coefficient (Wildman–Crippen LogP) is 1.32. The van der Waals surface area contributed by atoms with Crippen molar-refractivity contribution in [3.63, 3.8) is 0 Å². The Bertz CT molecular complexity index is 552. The normalized spacial score (nSPS) is 16.4. The number of hydrogen-bond donors (Lipinski definition) is 0. The summed E-state index contributed by atoms with van der Waals surface area (Å²) in [6.45, 7) is 7.21. The summed E-state index contributed by atoms with van der Waals surface area (Å²) >= 11 is 0. The van der Waals surface area contributed by atoms with E-state index in [0.29, 0.717) is 0 Å². The van der Waals surface area contributed by atoms with Crippen molar-refractivity contribution in [1.82, 2.24) is 4.90 Å². The Morgan fingerprint density at radius 2 is 1.24 bits per heavy atom. The molecule has 2 nitrogen and oxygen atoms in total. The summed E-state index contributed by atoms with van der Waals surface area (Å²) in [7, 11) is 2.45. The maximum atomic E-state index is 2.61. The van der Waals surface area contributed by atoms with Crippen molar-refractivity contribution in [2.75, 3.05) is 33.2 Å². The number of rotatable bonds is 7. The summed E-state index contributed by atoms with van der Waals surface area (Å²) < 4.78 is 1.25. The monoisotopic (exact) mass is 402 g/mol. The van der Waals surface area contributed by atoms with Gasteiger partial charge in [0.15, 0.2) is 0 Å². The van der Waals surface area contributed by atoms with Gasteiger partial charge >= 0.3 is 0 Å². The molecule has 1 saturated heterocycles. The van der Waals surface area contributed by atoms with Crippen molar-refractivity contribution < 1.29 is 21.5 Å². The molecule has 3 heteroatoms. The van der Waals surface area contributed by atoms with Gasteiger partial charge in [-0.2, -0.15) is 0 Å². The number of hydrogen-bond acceptors (Lipinski definition) is 1. The zero-order chi connectivity index (χ0) is 16.7. The molecular weight excluding hydrogens is 372 g/mol. The molecule has 2 aromatic rings. The molecule has 1 aliphatic rings. The number of benzene rings is 2. The molecule has 2 aromatic carbocycles. The van der Waals surface area contributed by atoms with Crippen LogP contribution in [0.2, 0.25) is 0 Å². The van der Waals surface area contributed by atoms with E-state index in [4.69, 9.17) is 0 Å². The van der Waals surface area contributed by atoms with Crippen LogP contribution >= 0.6 is 0 Å². The van der Waals surface area contributed by atoms with Gasteiger partial charge in [0.2, 0.25) is 0 Å². The van der Waals surface area contributed by atoms with Crippen LogP contribution in [-0.2, 0) is 13.1 Å². The van der Waals surface area contributed by atoms with Crippen molar-refractivity contribution in [2.45, 2.75) is 32.4 Å². The maximum absolute atomic E-state index is 2.61. The van der Waals surface area contributed by atoms with E-state index in [-0.39, 0.29) is 17.0 Å². The lowest BCUT2D eigenvalue weighted by molar-refractivity contribution is -0.913. The van der Waals surface area contributed by atoms with Gasteiger partial charge in [-0.3, -0.25) is 4.90 Å². The van der Waals surface area contributed by atoms with Gasteiger partial charge < -0.3 is 21.5 Å². The van der Waals surface area contributed by atoms with Gasteiger partial charge in [-0.05, 0) is 30.4 Å². The Hall–Kier alpha value is -1.16. The summed E-state index contributed by atoms with van der Waals surface area (Å²) in [5, 5.41) is 0. The van der Waals surface area contributed by atoms with Gasteiger partial charge in [0, 0.05) is 19.6 Å². The molecule has 136 valence electrons. The molecule has 0 spiro atoms. The van der Waals surface area contributed by atoms with Crippen LogP contribution in [0.1, 0.15) is 30.4 Å². The molecule has 3 rings (SSSR count). The lowest BCUT2D eigenvalue weighted by atomic mass is 10.1. The zero-order valence-corrected chi connectivity index (χ0v) is 17.0. The molecule has 0 amide bonds. The fourth-order valence-corrected chi connectivity index (χ4v) is 3.78. The molecule has 1 fully saturated rings. The Morgan fingerprint density at radius 3 is 1.72 bits per heavy atom. The minimum atomic E-state index is 0. The van der Waals surface area contributed by atoms with Crippen LogP contribution in [0.3, 0.4) is 0 Å². The average Bonchev–Trinajstić information content (AvgIpc) is 2.62. The van der Waals surface area contributed by atoms with Crippen LogP contribution in [-0.4, -0.2) is 42.6 Å². The molecule has 0 N–H and O–H groups in total. The molecule has 0 unspecified atom stereocenters. The highest BCUT2D eigenvalue weighted by Crippen LogP contribution is 2.17. The molecule has 0 saturated carbocycles. The summed E-state index contributed by atoms with van der Waals surface area (Å²) in [6.07, 6.45) is 4.22. The van der Waals surface area contributed by atoms with E-state index in [2.05, 4.69) is 72.6 Å². The third-order valence-electron chi connectivity index (χ3n) is 5.35. The smallest absolute Gasteiger partial charge is 0.0914 e. The third-order valence-corrected chi connectivity index (χ3v) is 5.35. The number of nitrogens with zero attached hydrogens (tertiary/aromatic N) is 2. The predicted molar refractivity (Wildman–Crippen MR) is 102 cm³/mol. The molecule has 0 atom stereocenters. The van der Waals surface area contributed by atoms with Crippen LogP contribution in [0, 0.1) is 0 Å². The van der Waals surface area contributed by atoms with Crippen molar-refractivity contribution in [3.05, 3.63) is 71.8 Å². The number of halogens is 1. The van der Waals surface area contributed by atoms with E-state index < -0.39 is 0 Å². The van der Waals surface area contributed by atoms with Gasteiger partial charge in [0.1, 0.15) is 0 Å². The molecule has 0 radical (unpaired) electrons. The van der Waals surface area contributed by atoms with Crippen LogP contribution < -0.4 is 17.0 Å². The molecule has 0 aromatic heterocycles. The highest BCUT2D eigenvalue weighted by molar-refractivity contribution is 5.17. The van der Waals surface area contributed by atoms with Gasteiger partial charge in [-0.1, -0.05) is 60.7 Å². The summed E-state index contributed by atoms with van der Waals surface area (Å²) in [4.78, 5) is 2.61. The first kappa shape index (κ1) is 20.2. The van der Waals surface area contributed by atoms with Crippen LogP contribution in [0.4, 0.5) is 0 Å². The standard InChI is InChI=1S/C22H31N2.BrH/c1-24(16-9-4-10-17-24)18-15-23(19-21-11-5-2-6-12-21)20-22-13-7-3-8-14-22;/h2-3,5-8,11-14H,4,9-10,15-20H2,1H3;1H/q+1;/p-1. The largest absolute Gasteiger partial charge is 1.00 e. The molecule has 0 aliphatic carbocycles. The highest BCUT2D eigenvalue weighted by Gasteiger charge is 2.25. The third kappa shape index (κ3) is 6.58. The lowest BCUT2D eigenvalue weighted by Crippen LogP contribution is -3.00. The van der Waals surface area contributed by atoms with Crippen molar-refractivity contribution >= 4 is 0 Å². The summed E-state index contributed by atoms with van der Waals surface area (Å²) in [5.74, 6) is 0. The topological polar surface area (TPSA) is 3.24 Å². The van der Waals surface area contributed by atoms with Crippen molar-refractivity contribution in [3.8, 4) is 0 Å². The fraction of sp³-hybridized carbons (Fsp3) is 0.455. The van der Waals surface area contributed by atoms with Gasteiger partial charge in [0.05, 0.1) is 26.7 Å². The molecule has 1 heterocycles. The van der Waals surface area contributed by atoms with E-state index >= 15 is 0 Å². The van der Waals surface area contributed by atoms with E-state index in [1.807, 2.05) is 0 Å². The van der Waals surface area contributed by atoms with Gasteiger partial charge in [0.25, 0.3) is 0 Å². The molecular formula is C22H31BrN2. The second-order valence-corrected chi connectivity index (χ2v) is 7.53. The van der Waals surface area contributed by atoms with Gasteiger partial charge in [-0.15, -0.1) is 0 Å². The minimum absolute atomic E-state index is 0. The van der Waals surface area contributed by atoms with E-state index in [9.17, 15) is 0 Å². The van der Waals surface area contributed by atoms with Crippen LogP contribution in [0.5, 0.6) is 0 Å². The molecule has 0 bridgehead atoms. The highest BCUT2D eigenvalue weighted by atomic mass is 79.9. The molecule has 25 heavy (non-hydrogen) atoms. The Kier molecular flexibility index (Phi) is 8.14. The number of likely N-dealkylation sites (tertiary alicyclic amines) is 1. The maximum Gasteiger partial charge on any atom is 0.0914 e. The quantitative estimate of drug-likeness (QED) is 0.631. The molecule has 1 aliphatic heterocycles. The second kappa shape index (κ2) is 10.1.